The number of aryl methyl sites for hydroxylation is 1. The molecule has 5 heteroatoms. The van der Waals surface area contributed by atoms with Crippen molar-refractivity contribution in [3.8, 4) is 0 Å². The van der Waals surface area contributed by atoms with E-state index in [1.807, 2.05) is 19.9 Å². The molecule has 0 aliphatic carbocycles. The fourth-order valence-corrected chi connectivity index (χ4v) is 1.97. The molecule has 0 amide bonds. The van der Waals surface area contributed by atoms with Crippen LogP contribution in [0.1, 0.15) is 43.8 Å². The SMILES string of the molecule is CCc1cccnc1CNc1cc(=O)[nH]c(C(C)C)n1. The first-order chi connectivity index (χ1) is 9.60. The van der Waals surface area contributed by atoms with Gasteiger partial charge in [-0.15, -0.1) is 0 Å². The maximum Gasteiger partial charge on any atom is 0.252 e. The molecule has 2 aromatic heterocycles. The molecular formula is C15H20N4O. The molecule has 0 atom stereocenters. The van der Waals surface area contributed by atoms with Crippen LogP contribution in [0.15, 0.2) is 29.2 Å². The summed E-state index contributed by atoms with van der Waals surface area (Å²) in [5.74, 6) is 1.47. The first-order valence-corrected chi connectivity index (χ1v) is 6.88. The topological polar surface area (TPSA) is 70.7 Å². The maximum absolute atomic E-state index is 11.6. The van der Waals surface area contributed by atoms with Crippen LogP contribution in [0.3, 0.4) is 0 Å². The largest absolute Gasteiger partial charge is 0.364 e. The lowest BCUT2D eigenvalue weighted by Gasteiger charge is -2.10. The summed E-state index contributed by atoms with van der Waals surface area (Å²) < 4.78 is 0. The lowest BCUT2D eigenvalue weighted by Crippen LogP contribution is -2.15. The quantitative estimate of drug-likeness (QED) is 0.877. The van der Waals surface area contributed by atoms with E-state index in [1.165, 1.54) is 11.6 Å². The van der Waals surface area contributed by atoms with Crippen molar-refractivity contribution >= 4 is 5.82 Å². The number of nitrogens with one attached hydrogen (secondary N) is 2. The van der Waals surface area contributed by atoms with Crippen LogP contribution in [-0.2, 0) is 13.0 Å². The third-order valence-electron chi connectivity index (χ3n) is 3.11. The number of aromatic nitrogens is 3. The second-order valence-corrected chi connectivity index (χ2v) is 4.99. The number of H-pyrrole nitrogens is 1. The second-order valence-electron chi connectivity index (χ2n) is 4.99. The predicted octanol–water partition coefficient (Wildman–Crippen LogP) is 2.46. The Kier molecular flexibility index (Phi) is 4.50. The van der Waals surface area contributed by atoms with Crippen LogP contribution >= 0.6 is 0 Å². The minimum absolute atomic E-state index is 0.136. The van der Waals surface area contributed by atoms with Gasteiger partial charge in [-0.2, -0.15) is 0 Å². The lowest BCUT2D eigenvalue weighted by atomic mass is 10.1. The summed E-state index contributed by atoms with van der Waals surface area (Å²) in [6.45, 7) is 6.66. The van der Waals surface area contributed by atoms with Gasteiger partial charge in [0, 0.05) is 18.2 Å². The van der Waals surface area contributed by atoms with Crippen molar-refractivity contribution in [2.24, 2.45) is 0 Å². The van der Waals surface area contributed by atoms with Gasteiger partial charge in [-0.1, -0.05) is 26.8 Å². The molecular weight excluding hydrogens is 252 g/mol. The Labute approximate surface area is 118 Å². The van der Waals surface area contributed by atoms with Crippen LogP contribution in [-0.4, -0.2) is 15.0 Å². The molecule has 20 heavy (non-hydrogen) atoms. The van der Waals surface area contributed by atoms with Crippen molar-refractivity contribution in [3.63, 3.8) is 0 Å². The van der Waals surface area contributed by atoms with Gasteiger partial charge in [0.1, 0.15) is 11.6 Å². The molecule has 106 valence electrons. The van der Waals surface area contributed by atoms with Gasteiger partial charge in [0.05, 0.1) is 12.2 Å². The third-order valence-corrected chi connectivity index (χ3v) is 3.11. The highest BCUT2D eigenvalue weighted by Gasteiger charge is 2.06. The van der Waals surface area contributed by atoms with Crippen molar-refractivity contribution in [3.05, 3.63) is 51.8 Å². The Morgan fingerprint density at radius 2 is 2.20 bits per heavy atom. The van der Waals surface area contributed by atoms with Crippen molar-refractivity contribution in [1.29, 1.82) is 0 Å². The summed E-state index contributed by atoms with van der Waals surface area (Å²) in [6, 6.07) is 5.47. The molecule has 0 unspecified atom stereocenters. The number of aromatic amines is 1. The molecule has 0 saturated heterocycles. The van der Waals surface area contributed by atoms with E-state index in [0.717, 1.165) is 12.1 Å². The van der Waals surface area contributed by atoms with Crippen LogP contribution in [0.4, 0.5) is 5.82 Å². The molecule has 0 spiro atoms. The van der Waals surface area contributed by atoms with Gasteiger partial charge in [-0.3, -0.25) is 9.78 Å². The number of hydrogen-bond donors (Lipinski definition) is 2. The molecule has 5 nitrogen and oxygen atoms in total. The van der Waals surface area contributed by atoms with Gasteiger partial charge in [-0.25, -0.2) is 4.98 Å². The maximum atomic E-state index is 11.6. The van der Waals surface area contributed by atoms with Gasteiger partial charge in [0.25, 0.3) is 5.56 Å². The Bertz CT molecular complexity index is 634. The van der Waals surface area contributed by atoms with Crippen LogP contribution < -0.4 is 10.9 Å². The number of hydrogen-bond acceptors (Lipinski definition) is 4. The minimum atomic E-state index is -0.136. The molecule has 0 saturated carbocycles. The van der Waals surface area contributed by atoms with Gasteiger partial charge in [-0.05, 0) is 18.1 Å². The summed E-state index contributed by atoms with van der Waals surface area (Å²) in [4.78, 5) is 23.1. The number of anilines is 1. The smallest absolute Gasteiger partial charge is 0.252 e. The average molecular weight is 272 g/mol. The van der Waals surface area contributed by atoms with Crippen molar-refractivity contribution in [1.82, 2.24) is 15.0 Å². The van der Waals surface area contributed by atoms with E-state index < -0.39 is 0 Å². The summed E-state index contributed by atoms with van der Waals surface area (Å²) in [5.41, 5.74) is 2.06. The van der Waals surface area contributed by atoms with Crippen molar-refractivity contribution < 1.29 is 0 Å². The van der Waals surface area contributed by atoms with Crippen LogP contribution in [0.5, 0.6) is 0 Å². The molecule has 0 radical (unpaired) electrons. The highest BCUT2D eigenvalue weighted by Crippen LogP contribution is 2.11. The molecule has 0 fully saturated rings. The standard InChI is InChI=1S/C15H20N4O/c1-4-11-6-5-7-16-12(11)9-17-13-8-14(20)19-15(18-13)10(2)3/h5-8,10H,4,9H2,1-3H3,(H2,17,18,19,20). The van der Waals surface area contributed by atoms with Gasteiger partial charge >= 0.3 is 0 Å². The van der Waals surface area contributed by atoms with E-state index in [1.54, 1.807) is 6.20 Å². The van der Waals surface area contributed by atoms with E-state index in [2.05, 4.69) is 33.3 Å². The van der Waals surface area contributed by atoms with Crippen molar-refractivity contribution in [2.75, 3.05) is 5.32 Å². The molecule has 2 aromatic rings. The normalized spacial score (nSPS) is 10.8. The van der Waals surface area contributed by atoms with Gasteiger partial charge < -0.3 is 10.3 Å². The molecule has 0 aromatic carbocycles. The van der Waals surface area contributed by atoms with Crippen LogP contribution in [0.2, 0.25) is 0 Å². The highest BCUT2D eigenvalue weighted by atomic mass is 16.1. The summed E-state index contributed by atoms with van der Waals surface area (Å²) in [5, 5.41) is 3.18. The molecule has 2 heterocycles. The summed E-state index contributed by atoms with van der Waals surface area (Å²) in [7, 11) is 0. The minimum Gasteiger partial charge on any atom is -0.364 e. The second kappa shape index (κ2) is 6.32. The zero-order valence-corrected chi connectivity index (χ0v) is 12.1. The van der Waals surface area contributed by atoms with E-state index >= 15 is 0 Å². The predicted molar refractivity (Wildman–Crippen MR) is 79.9 cm³/mol. The van der Waals surface area contributed by atoms with Crippen LogP contribution in [0.25, 0.3) is 0 Å². The van der Waals surface area contributed by atoms with Crippen molar-refractivity contribution in [2.45, 2.75) is 39.7 Å². The zero-order chi connectivity index (χ0) is 14.5. The molecule has 2 N–H and O–H groups in total. The first-order valence-electron chi connectivity index (χ1n) is 6.88. The van der Waals surface area contributed by atoms with E-state index in [4.69, 9.17) is 0 Å². The monoisotopic (exact) mass is 272 g/mol. The average Bonchev–Trinajstić information content (AvgIpc) is 2.44. The van der Waals surface area contributed by atoms with Gasteiger partial charge in [0.2, 0.25) is 0 Å². The van der Waals surface area contributed by atoms with E-state index in [0.29, 0.717) is 18.2 Å². The highest BCUT2D eigenvalue weighted by molar-refractivity contribution is 5.35. The number of nitrogens with zero attached hydrogens (tertiary/aromatic N) is 2. The Morgan fingerprint density at radius 3 is 2.90 bits per heavy atom. The molecule has 2 rings (SSSR count). The Morgan fingerprint density at radius 1 is 1.40 bits per heavy atom. The third kappa shape index (κ3) is 3.44. The summed E-state index contributed by atoms with van der Waals surface area (Å²) in [6.07, 6.45) is 2.71. The first kappa shape index (κ1) is 14.2. The Balaban J connectivity index is 2.16. The lowest BCUT2D eigenvalue weighted by molar-refractivity contribution is 0.766. The molecule has 0 aliphatic rings. The zero-order valence-electron chi connectivity index (χ0n) is 12.1. The van der Waals surface area contributed by atoms with E-state index in [-0.39, 0.29) is 11.5 Å². The fraction of sp³-hybridized carbons (Fsp3) is 0.400. The fourth-order valence-electron chi connectivity index (χ4n) is 1.97. The molecule has 0 aliphatic heterocycles. The van der Waals surface area contributed by atoms with Gasteiger partial charge in [0.15, 0.2) is 0 Å². The van der Waals surface area contributed by atoms with Crippen LogP contribution in [0, 0.1) is 0 Å². The van der Waals surface area contributed by atoms with E-state index in [9.17, 15) is 4.79 Å². The molecule has 0 bridgehead atoms. The summed E-state index contributed by atoms with van der Waals surface area (Å²) >= 11 is 0. The Hall–Kier alpha value is -2.17. The number of pyridine rings is 1. The number of rotatable bonds is 5.